The number of anilines is 3. The molecule has 0 saturated heterocycles. The maximum Gasteiger partial charge on any atom is 2.00 e. The zero-order valence-corrected chi connectivity index (χ0v) is 28.3. The second-order valence-electron chi connectivity index (χ2n) is 10.8. The van der Waals surface area contributed by atoms with Crippen molar-refractivity contribution in [1.82, 2.24) is 35.5 Å². The first-order valence-electron chi connectivity index (χ1n) is 16.1. The fraction of sp³-hybridized carbons (Fsp3) is 0.500. The first-order chi connectivity index (χ1) is 22.2. The van der Waals surface area contributed by atoms with Gasteiger partial charge in [0.2, 0.25) is 23.7 Å². The first-order valence-corrected chi connectivity index (χ1v) is 16.1. The van der Waals surface area contributed by atoms with Crippen LogP contribution in [0.3, 0.4) is 0 Å². The van der Waals surface area contributed by atoms with E-state index in [1.54, 1.807) is 0 Å². The Morgan fingerprint density at radius 3 is 1.87 bits per heavy atom. The molecule has 0 aliphatic rings. The van der Waals surface area contributed by atoms with Crippen molar-refractivity contribution in [2.75, 3.05) is 87.9 Å². The number of hydrogen-bond donors (Lipinski definition) is 7. The number of para-hydroxylation sites is 2. The van der Waals surface area contributed by atoms with E-state index in [1.165, 1.54) is 0 Å². The van der Waals surface area contributed by atoms with Crippen LogP contribution in [0.15, 0.2) is 52.9 Å². The molecule has 0 spiro atoms. The van der Waals surface area contributed by atoms with Crippen molar-refractivity contribution in [3.05, 3.63) is 54.1 Å². The van der Waals surface area contributed by atoms with Gasteiger partial charge in [0.15, 0.2) is 5.58 Å². The number of hydrogen-bond acceptors (Lipinski definition) is 13. The quantitative estimate of drug-likeness (QED) is 0.0436. The summed E-state index contributed by atoms with van der Waals surface area (Å²) in [5.74, 6) is 2.25. The first kappa shape index (κ1) is 39.8. The van der Waals surface area contributed by atoms with E-state index in [9.17, 15) is 0 Å². The number of rotatable bonds is 23. The zero-order chi connectivity index (χ0) is 31.5. The summed E-state index contributed by atoms with van der Waals surface area (Å²) in [6.07, 6.45) is 3.08. The molecule has 0 aliphatic carbocycles. The van der Waals surface area contributed by atoms with E-state index in [-0.39, 0.29) is 22.5 Å². The Kier molecular flexibility index (Phi) is 19.5. The van der Waals surface area contributed by atoms with Gasteiger partial charge in [-0.1, -0.05) is 37.6 Å². The van der Waals surface area contributed by atoms with Crippen LogP contribution in [-0.4, -0.2) is 102 Å². The molecule has 1 radical (unpaired) electrons. The van der Waals surface area contributed by atoms with Crippen LogP contribution < -0.4 is 38.1 Å². The Morgan fingerprint density at radius 2 is 1.28 bits per heavy atom. The van der Waals surface area contributed by atoms with Crippen LogP contribution in [0.4, 0.5) is 17.8 Å². The summed E-state index contributed by atoms with van der Waals surface area (Å²) in [5.41, 5.74) is 14.9. The normalized spacial score (nSPS) is 10.9. The van der Waals surface area contributed by atoms with Gasteiger partial charge in [-0.05, 0) is 49.2 Å². The Hall–Kier alpha value is -3.40. The van der Waals surface area contributed by atoms with Crippen molar-refractivity contribution >= 4 is 28.9 Å². The summed E-state index contributed by atoms with van der Waals surface area (Å²) in [6, 6.07) is 15.9. The van der Waals surface area contributed by atoms with Crippen LogP contribution in [-0.2, 0) is 23.6 Å². The molecule has 47 heavy (non-hydrogen) atoms. The molecule has 0 bridgehead atoms. The van der Waals surface area contributed by atoms with Crippen molar-refractivity contribution < 1.29 is 27.0 Å². The monoisotopic (exact) mass is 699 g/mol. The smallest absolute Gasteiger partial charge is 0.436 e. The molecule has 261 valence electrons. The van der Waals surface area contributed by atoms with Crippen molar-refractivity contribution in [2.24, 2.45) is 11.5 Å². The van der Waals surface area contributed by atoms with E-state index >= 15 is 0 Å². The molecule has 0 amide bonds. The van der Waals surface area contributed by atoms with Gasteiger partial charge >= 0.3 is 17.1 Å². The fourth-order valence-corrected chi connectivity index (χ4v) is 4.70. The van der Waals surface area contributed by atoms with Crippen LogP contribution in [0, 0.1) is 0 Å². The molecule has 2 aromatic carbocycles. The van der Waals surface area contributed by atoms with Crippen molar-refractivity contribution in [1.29, 1.82) is 0 Å². The van der Waals surface area contributed by atoms with Crippen LogP contribution in [0.25, 0.3) is 22.6 Å². The maximum atomic E-state index is 5.91. The number of fused-ring (bicyclic) bond motifs is 1. The zero-order valence-electron chi connectivity index (χ0n) is 27.3. The van der Waals surface area contributed by atoms with E-state index in [0.29, 0.717) is 43.4 Å². The van der Waals surface area contributed by atoms with Crippen molar-refractivity contribution in [3.8, 4) is 11.5 Å². The van der Waals surface area contributed by atoms with Crippen LogP contribution >= 0.6 is 0 Å². The molecule has 15 heteroatoms. The van der Waals surface area contributed by atoms with Gasteiger partial charge in [-0.2, -0.15) is 15.0 Å². The molecule has 2 heterocycles. The molecule has 0 fully saturated rings. The molecule has 0 unspecified atom stereocenters. The Labute approximate surface area is 288 Å². The minimum absolute atomic E-state index is 0. The van der Waals surface area contributed by atoms with Gasteiger partial charge in [-0.3, -0.25) is 0 Å². The standard InChI is InChI=1S/C32H50N12O.Cu.H2O/c1-2-3-15-37-30-41-31(38-16-6-21-44(22-19-35-17-13-33)23-20-36-18-14-34)43-32(42-30)39-24-25-9-11-26(12-10-25)29-40-27-7-4-5-8-28(27)45-29;;/h4-5,7-12,35-36H,2-3,6,13-24,33-34H2,1H3,(H3,37,38,39,41,42,43);;1H2/q;+2;. The van der Waals surface area contributed by atoms with Gasteiger partial charge in [0.1, 0.15) is 5.52 Å². The Morgan fingerprint density at radius 1 is 0.681 bits per heavy atom. The van der Waals surface area contributed by atoms with Crippen LogP contribution in [0.5, 0.6) is 0 Å². The molecule has 4 rings (SSSR count). The number of nitrogens with zero attached hydrogens (tertiary/aromatic N) is 5. The van der Waals surface area contributed by atoms with Crippen LogP contribution in [0.2, 0.25) is 0 Å². The number of nitrogens with two attached hydrogens (primary N) is 2. The third kappa shape index (κ3) is 14.1. The fourth-order valence-electron chi connectivity index (χ4n) is 4.70. The molecule has 14 nitrogen and oxygen atoms in total. The van der Waals surface area contributed by atoms with Crippen molar-refractivity contribution in [3.63, 3.8) is 0 Å². The second kappa shape index (κ2) is 23.0. The van der Waals surface area contributed by atoms with E-state index in [2.05, 4.69) is 70.5 Å². The van der Waals surface area contributed by atoms with Gasteiger partial charge in [-0.25, -0.2) is 4.98 Å². The number of nitrogens with one attached hydrogen (secondary N) is 5. The number of unbranched alkanes of at least 4 members (excludes halogenated alkanes) is 1. The summed E-state index contributed by atoms with van der Waals surface area (Å²) in [6.45, 7) is 11.9. The molecular formula is C32H52CuN12O2+2. The molecule has 0 atom stereocenters. The van der Waals surface area contributed by atoms with E-state index < -0.39 is 0 Å². The molecular weight excluding hydrogens is 648 g/mol. The average Bonchev–Trinajstić information content (AvgIpc) is 3.50. The van der Waals surface area contributed by atoms with Gasteiger partial charge < -0.3 is 52.8 Å². The molecule has 11 N–H and O–H groups in total. The minimum atomic E-state index is 0. The molecule has 2 aromatic heterocycles. The van der Waals surface area contributed by atoms with E-state index in [4.69, 9.17) is 15.9 Å². The predicted molar refractivity (Wildman–Crippen MR) is 187 cm³/mol. The topological polar surface area (TPSA) is 212 Å². The minimum Gasteiger partial charge on any atom is -0.436 e. The van der Waals surface area contributed by atoms with E-state index in [1.807, 2.05) is 36.4 Å². The number of benzene rings is 2. The molecule has 4 aromatic rings. The molecule has 0 aliphatic heterocycles. The summed E-state index contributed by atoms with van der Waals surface area (Å²) in [5, 5.41) is 16.9. The summed E-state index contributed by atoms with van der Waals surface area (Å²) in [7, 11) is 0. The summed E-state index contributed by atoms with van der Waals surface area (Å²) < 4.78 is 5.91. The van der Waals surface area contributed by atoms with Gasteiger partial charge in [0.25, 0.3) is 0 Å². The van der Waals surface area contributed by atoms with E-state index in [0.717, 1.165) is 100 Å². The second-order valence-corrected chi connectivity index (χ2v) is 10.8. The Balaban J connectivity index is 0.00000384. The van der Waals surface area contributed by atoms with Crippen LogP contribution in [0.1, 0.15) is 31.7 Å². The number of oxazole rings is 1. The van der Waals surface area contributed by atoms with Gasteiger partial charge in [-0.15, -0.1) is 0 Å². The van der Waals surface area contributed by atoms with Gasteiger partial charge in [0, 0.05) is 77.6 Å². The Bertz CT molecular complexity index is 1350. The van der Waals surface area contributed by atoms with Gasteiger partial charge in [0.05, 0.1) is 0 Å². The predicted octanol–water partition coefficient (Wildman–Crippen LogP) is 1.88. The van der Waals surface area contributed by atoms with Crippen molar-refractivity contribution in [2.45, 2.75) is 32.7 Å². The summed E-state index contributed by atoms with van der Waals surface area (Å²) in [4.78, 5) is 20.9. The number of aromatic nitrogens is 4. The average molecular weight is 700 g/mol. The summed E-state index contributed by atoms with van der Waals surface area (Å²) >= 11 is 0. The largest absolute Gasteiger partial charge is 2.00 e. The third-order valence-corrected chi connectivity index (χ3v) is 7.18. The molecule has 0 saturated carbocycles. The third-order valence-electron chi connectivity index (χ3n) is 7.18. The maximum absolute atomic E-state index is 5.91. The SMILES string of the molecule is CCCCNc1nc(NCCCN(CCNCCN)CCNCCN)nc(NCc2ccc(-c3nc4ccccc4o3)cc2)n1.O.[Cu+2].